The van der Waals surface area contributed by atoms with Gasteiger partial charge in [-0.2, -0.15) is 13.2 Å². The van der Waals surface area contributed by atoms with E-state index < -0.39 is 11.7 Å². The Morgan fingerprint density at radius 2 is 1.79 bits per heavy atom. The maximum absolute atomic E-state index is 13.0. The highest BCUT2D eigenvalue weighted by atomic mass is 32.2. The van der Waals surface area contributed by atoms with Crippen LogP contribution in [0.2, 0.25) is 0 Å². The summed E-state index contributed by atoms with van der Waals surface area (Å²) in [5, 5.41) is 9.63. The Bertz CT molecular complexity index is 1080. The van der Waals surface area contributed by atoms with Gasteiger partial charge in [-0.1, -0.05) is 23.9 Å². The summed E-state index contributed by atoms with van der Waals surface area (Å²) in [6.45, 7) is 0.0935. The summed E-state index contributed by atoms with van der Waals surface area (Å²) in [4.78, 5) is 4.55. The van der Waals surface area contributed by atoms with E-state index in [1.165, 1.54) is 32.0 Å². The van der Waals surface area contributed by atoms with Crippen molar-refractivity contribution in [1.82, 2.24) is 9.55 Å². The Balaban J connectivity index is 2.15. The van der Waals surface area contributed by atoms with E-state index in [9.17, 15) is 13.2 Å². The summed E-state index contributed by atoms with van der Waals surface area (Å²) in [5.41, 5.74) is 0.397. The Hall–Kier alpha value is -2.68. The van der Waals surface area contributed by atoms with E-state index in [0.29, 0.717) is 33.1 Å². The number of methoxy groups -OCH3 is 2. The van der Waals surface area contributed by atoms with Crippen LogP contribution in [-0.4, -0.2) is 30.0 Å². The molecule has 0 aliphatic heterocycles. The first-order valence-electron chi connectivity index (χ1n) is 8.19. The number of nitrogens with zero attached hydrogens (tertiary/aromatic N) is 2. The lowest BCUT2D eigenvalue weighted by molar-refractivity contribution is -0.137. The smallest absolute Gasteiger partial charge is 0.416 e. The van der Waals surface area contributed by atoms with Crippen molar-refractivity contribution >= 4 is 22.7 Å². The number of aromatic nitrogens is 2. The standard InChI is InChI=1S/C19H18F3N3O2S/c1-26-15-8-13-14(9-16(15)27-2)24-18(28-3)25(17(13)23)10-11-5-4-6-12(7-11)19(20,21)22/h4-9,23H,10H2,1-3H3. The third kappa shape index (κ3) is 3.80. The van der Waals surface area contributed by atoms with Crippen LogP contribution in [0.1, 0.15) is 11.1 Å². The zero-order valence-corrected chi connectivity index (χ0v) is 16.2. The van der Waals surface area contributed by atoms with Crippen molar-refractivity contribution in [2.24, 2.45) is 0 Å². The van der Waals surface area contributed by atoms with Gasteiger partial charge in [0.25, 0.3) is 0 Å². The van der Waals surface area contributed by atoms with Crippen LogP contribution in [0.3, 0.4) is 0 Å². The second-order valence-corrected chi connectivity index (χ2v) is 6.73. The zero-order chi connectivity index (χ0) is 20.5. The van der Waals surface area contributed by atoms with E-state index in [-0.39, 0.29) is 12.0 Å². The Labute approximate surface area is 163 Å². The van der Waals surface area contributed by atoms with E-state index in [1.54, 1.807) is 29.0 Å². The number of fused-ring (bicyclic) bond motifs is 1. The van der Waals surface area contributed by atoms with Gasteiger partial charge < -0.3 is 14.0 Å². The third-order valence-corrected chi connectivity index (χ3v) is 4.93. The molecule has 0 fully saturated rings. The minimum atomic E-state index is -4.42. The van der Waals surface area contributed by atoms with Crippen molar-refractivity contribution in [2.75, 3.05) is 20.5 Å². The minimum absolute atomic E-state index is 0.0935. The van der Waals surface area contributed by atoms with Gasteiger partial charge in [-0.3, -0.25) is 5.41 Å². The molecule has 2 aromatic carbocycles. The lowest BCUT2D eigenvalue weighted by atomic mass is 10.1. The normalized spacial score (nSPS) is 11.6. The van der Waals surface area contributed by atoms with Crippen molar-refractivity contribution in [3.05, 3.63) is 53.0 Å². The summed E-state index contributed by atoms with van der Waals surface area (Å²) in [6, 6.07) is 8.42. The van der Waals surface area contributed by atoms with Crippen LogP contribution in [0.5, 0.6) is 11.5 Å². The van der Waals surface area contributed by atoms with Crippen molar-refractivity contribution in [3.8, 4) is 11.5 Å². The molecule has 1 heterocycles. The number of benzene rings is 2. The molecular weight excluding hydrogens is 391 g/mol. The Kier molecular flexibility index (Phi) is 5.55. The molecule has 0 radical (unpaired) electrons. The van der Waals surface area contributed by atoms with Gasteiger partial charge in [0.05, 0.1) is 31.8 Å². The van der Waals surface area contributed by atoms with Crippen LogP contribution in [-0.2, 0) is 12.7 Å². The second kappa shape index (κ2) is 7.75. The molecule has 0 saturated carbocycles. The molecule has 0 aliphatic carbocycles. The molecule has 1 N–H and O–H groups in total. The molecule has 28 heavy (non-hydrogen) atoms. The SMILES string of the molecule is COc1cc2nc(SC)n(Cc3cccc(C(F)(F)F)c3)c(=N)c2cc1OC. The molecule has 0 atom stereocenters. The number of alkyl halides is 3. The number of rotatable bonds is 5. The molecule has 0 saturated heterocycles. The average Bonchev–Trinajstić information content (AvgIpc) is 2.68. The molecule has 1 aromatic heterocycles. The first kappa shape index (κ1) is 20.1. The molecule has 0 aliphatic rings. The predicted octanol–water partition coefficient (Wildman–Crippen LogP) is 4.32. The van der Waals surface area contributed by atoms with Crippen LogP contribution < -0.4 is 15.0 Å². The Morgan fingerprint density at radius 1 is 1.11 bits per heavy atom. The number of thioether (sulfide) groups is 1. The molecule has 0 spiro atoms. The van der Waals surface area contributed by atoms with Gasteiger partial charge in [0.2, 0.25) is 0 Å². The van der Waals surface area contributed by atoms with E-state index in [4.69, 9.17) is 14.9 Å². The summed E-state index contributed by atoms with van der Waals surface area (Å²) < 4.78 is 51.2. The van der Waals surface area contributed by atoms with Crippen LogP contribution in [0, 0.1) is 5.41 Å². The van der Waals surface area contributed by atoms with E-state index in [0.717, 1.165) is 12.1 Å². The highest BCUT2D eigenvalue weighted by Gasteiger charge is 2.30. The summed E-state index contributed by atoms with van der Waals surface area (Å²) in [7, 11) is 3.01. The molecule has 9 heteroatoms. The fraction of sp³-hybridized carbons (Fsp3) is 0.263. The van der Waals surface area contributed by atoms with Crippen LogP contribution in [0.15, 0.2) is 41.6 Å². The van der Waals surface area contributed by atoms with Crippen molar-refractivity contribution in [1.29, 1.82) is 5.41 Å². The molecule has 0 bridgehead atoms. The summed E-state index contributed by atoms with van der Waals surface area (Å²) in [5.74, 6) is 0.942. The summed E-state index contributed by atoms with van der Waals surface area (Å²) in [6.07, 6.45) is -2.62. The monoisotopic (exact) mass is 409 g/mol. The van der Waals surface area contributed by atoms with Crippen LogP contribution >= 0.6 is 11.8 Å². The van der Waals surface area contributed by atoms with Crippen molar-refractivity contribution < 1.29 is 22.6 Å². The van der Waals surface area contributed by atoms with Crippen LogP contribution in [0.25, 0.3) is 10.9 Å². The minimum Gasteiger partial charge on any atom is -0.493 e. The number of hydrogen-bond donors (Lipinski definition) is 1. The lowest BCUT2D eigenvalue weighted by Crippen LogP contribution is -2.24. The number of hydrogen-bond acceptors (Lipinski definition) is 5. The fourth-order valence-electron chi connectivity index (χ4n) is 2.89. The molecule has 148 valence electrons. The predicted molar refractivity (Wildman–Crippen MR) is 101 cm³/mol. The highest BCUT2D eigenvalue weighted by molar-refractivity contribution is 7.98. The average molecular weight is 409 g/mol. The molecule has 5 nitrogen and oxygen atoms in total. The molecule has 0 unspecified atom stereocenters. The van der Waals surface area contributed by atoms with Crippen LogP contribution in [0.4, 0.5) is 13.2 Å². The maximum atomic E-state index is 13.0. The molecule has 3 rings (SSSR count). The second-order valence-electron chi connectivity index (χ2n) is 5.96. The zero-order valence-electron chi connectivity index (χ0n) is 15.4. The first-order valence-corrected chi connectivity index (χ1v) is 9.42. The van der Waals surface area contributed by atoms with Gasteiger partial charge >= 0.3 is 6.18 Å². The van der Waals surface area contributed by atoms with Crippen molar-refractivity contribution in [3.63, 3.8) is 0 Å². The molecular formula is C19H18F3N3O2S. The van der Waals surface area contributed by atoms with Gasteiger partial charge in [-0.05, 0) is 30.0 Å². The van der Waals surface area contributed by atoms with Crippen molar-refractivity contribution in [2.45, 2.75) is 17.9 Å². The quantitative estimate of drug-likeness (QED) is 0.504. The molecule has 3 aromatic rings. The topological polar surface area (TPSA) is 60.1 Å². The highest BCUT2D eigenvalue weighted by Crippen LogP contribution is 2.32. The van der Waals surface area contributed by atoms with E-state index in [2.05, 4.69) is 4.98 Å². The number of ether oxygens (including phenoxy) is 2. The molecule has 0 amide bonds. The third-order valence-electron chi connectivity index (χ3n) is 4.25. The number of nitrogens with one attached hydrogen (secondary N) is 1. The summed E-state index contributed by atoms with van der Waals surface area (Å²) >= 11 is 1.31. The maximum Gasteiger partial charge on any atom is 0.416 e. The lowest BCUT2D eigenvalue weighted by Gasteiger charge is -2.16. The Morgan fingerprint density at radius 3 is 2.39 bits per heavy atom. The number of halogens is 3. The van der Waals surface area contributed by atoms with Gasteiger partial charge in [0.15, 0.2) is 16.7 Å². The van der Waals surface area contributed by atoms with E-state index >= 15 is 0 Å². The van der Waals surface area contributed by atoms with Gasteiger partial charge in [0.1, 0.15) is 5.49 Å². The van der Waals surface area contributed by atoms with Gasteiger partial charge in [-0.25, -0.2) is 4.98 Å². The first-order chi connectivity index (χ1) is 13.3. The van der Waals surface area contributed by atoms with E-state index in [1.807, 2.05) is 0 Å². The fourth-order valence-corrected chi connectivity index (χ4v) is 3.45. The van der Waals surface area contributed by atoms with Gasteiger partial charge in [0, 0.05) is 11.5 Å². The largest absolute Gasteiger partial charge is 0.493 e. The van der Waals surface area contributed by atoms with Gasteiger partial charge in [-0.15, -0.1) is 0 Å².